The molecule has 0 unspecified atom stereocenters. The molecule has 0 bridgehead atoms. The summed E-state index contributed by atoms with van der Waals surface area (Å²) in [6.45, 7) is 0. The molecule has 0 fully saturated rings. The lowest BCUT2D eigenvalue weighted by Gasteiger charge is -2.18. The van der Waals surface area contributed by atoms with Gasteiger partial charge >= 0.3 is 0 Å². The highest BCUT2D eigenvalue weighted by Crippen LogP contribution is 2.48. The lowest BCUT2D eigenvalue weighted by atomic mass is 9.84. The zero-order valence-corrected chi connectivity index (χ0v) is 26.1. The molecule has 0 amide bonds. The van der Waals surface area contributed by atoms with Gasteiger partial charge in [-0.05, 0) is 101 Å². The molecular weight excluding hydrogens is 593 g/mol. The predicted octanol–water partition coefficient (Wildman–Crippen LogP) is 13.7. The fraction of sp³-hybridized carbons (Fsp3) is 0. The summed E-state index contributed by atoms with van der Waals surface area (Å²) in [5.74, 6) is 0. The lowest BCUT2D eigenvalue weighted by Crippen LogP contribution is -1.91. The van der Waals surface area contributed by atoms with Gasteiger partial charge in [0.1, 0.15) is 11.2 Å². The number of rotatable bonds is 4. The molecule has 0 aliphatic heterocycles. The van der Waals surface area contributed by atoms with Crippen molar-refractivity contribution < 1.29 is 15.4 Å². The maximum absolute atomic E-state index is 9.43. The number of benzene rings is 9. The van der Waals surface area contributed by atoms with Crippen LogP contribution in [0.3, 0.4) is 0 Å². The average molecular weight is 631 g/mol. The topological polar surface area (TPSA) is 13.1 Å². The highest BCUT2D eigenvalue weighted by atomic mass is 16.3. The van der Waals surface area contributed by atoms with Gasteiger partial charge in [-0.1, -0.05) is 158 Å². The van der Waals surface area contributed by atoms with E-state index in [4.69, 9.17) is 9.90 Å². The maximum Gasteiger partial charge on any atom is 0.136 e. The summed E-state index contributed by atoms with van der Waals surface area (Å²) >= 11 is 0. The van der Waals surface area contributed by atoms with Gasteiger partial charge in [0, 0.05) is 10.8 Å². The second-order valence-corrected chi connectivity index (χ2v) is 12.2. The Bertz CT molecular complexity index is 3240. The second kappa shape index (κ2) is 11.1. The van der Waals surface area contributed by atoms with E-state index in [2.05, 4.69) is 48.5 Å². The molecule has 1 nitrogen and oxygen atoms in total. The molecule has 0 saturated heterocycles. The molecule has 0 N–H and O–H groups in total. The zero-order chi connectivity index (χ0) is 39.3. The summed E-state index contributed by atoms with van der Waals surface area (Å²) in [4.78, 5) is 0. The standard InChI is InChI=1S/C48H30O/c1-3-15-32(16-4-1)42-30-45-43(29-41(42)35-27-26-31-14-7-8-19-34(31)28-35)48-40(24-13-25-44(48)49-45)47-38-22-11-9-20-36(38)46(33-17-5-2-6-18-33)37-21-10-12-23-39(37)47/h1-30H/i9D,10D,11D,12D,20D,21D,22D,23D. The molecule has 1 aromatic heterocycles. The predicted molar refractivity (Wildman–Crippen MR) is 208 cm³/mol. The molecule has 1 heteroatoms. The van der Waals surface area contributed by atoms with Crippen molar-refractivity contribution in [2.24, 2.45) is 0 Å². The van der Waals surface area contributed by atoms with Crippen LogP contribution in [0.4, 0.5) is 0 Å². The van der Waals surface area contributed by atoms with Crippen molar-refractivity contribution in [3.63, 3.8) is 0 Å². The van der Waals surface area contributed by atoms with Crippen LogP contribution in [0.2, 0.25) is 0 Å². The van der Waals surface area contributed by atoms with Gasteiger partial charge in [-0.2, -0.15) is 0 Å². The van der Waals surface area contributed by atoms with Crippen molar-refractivity contribution in [1.82, 2.24) is 0 Å². The fourth-order valence-electron chi connectivity index (χ4n) is 7.32. The Hall–Kier alpha value is -6.44. The van der Waals surface area contributed by atoms with Crippen LogP contribution in [0.1, 0.15) is 11.0 Å². The fourth-order valence-corrected chi connectivity index (χ4v) is 7.32. The number of hydrogen-bond donors (Lipinski definition) is 0. The molecule has 49 heavy (non-hydrogen) atoms. The molecule has 0 spiro atoms. The van der Waals surface area contributed by atoms with Gasteiger partial charge in [-0.3, -0.25) is 0 Å². The molecule has 10 aromatic rings. The van der Waals surface area contributed by atoms with E-state index in [0.29, 0.717) is 33.2 Å². The van der Waals surface area contributed by atoms with E-state index < -0.39 is 24.2 Å². The minimum atomic E-state index is -0.441. The van der Waals surface area contributed by atoms with Crippen LogP contribution >= 0.6 is 0 Å². The zero-order valence-electron chi connectivity index (χ0n) is 34.1. The molecular formula is C48H30O. The average Bonchev–Trinajstić information content (AvgIpc) is 3.63. The van der Waals surface area contributed by atoms with E-state index in [1.807, 2.05) is 60.7 Å². The minimum absolute atomic E-state index is 0.162. The quantitative estimate of drug-likeness (QED) is 0.176. The number of hydrogen-bond acceptors (Lipinski definition) is 1. The molecule has 1 heterocycles. The summed E-state index contributed by atoms with van der Waals surface area (Å²) in [5.41, 5.74) is 6.72. The van der Waals surface area contributed by atoms with Crippen LogP contribution in [-0.4, -0.2) is 0 Å². The Balaban J connectivity index is 1.41. The monoisotopic (exact) mass is 630 g/mol. The molecule has 9 aromatic carbocycles. The SMILES string of the molecule is [2H]c1c([2H])c([2H])c2c(-c3cccc4oc5cc(-c6ccccc6)c(-c6ccc7ccccc7c6)cc5c34)c3c([2H])c([2H])c([2H])c([2H])c3c(-c3ccccc3)c2c1[2H]. The molecule has 0 saturated carbocycles. The van der Waals surface area contributed by atoms with Crippen LogP contribution in [0.15, 0.2) is 186 Å². The molecule has 228 valence electrons. The third-order valence-electron chi connectivity index (χ3n) is 9.49. The Morgan fingerprint density at radius 1 is 0.367 bits per heavy atom. The van der Waals surface area contributed by atoms with Crippen molar-refractivity contribution in [2.75, 3.05) is 0 Å². The van der Waals surface area contributed by atoms with Crippen molar-refractivity contribution in [1.29, 1.82) is 0 Å². The van der Waals surface area contributed by atoms with Crippen molar-refractivity contribution >= 4 is 54.3 Å². The molecule has 10 rings (SSSR count). The Kier molecular flexibility index (Phi) is 4.69. The van der Waals surface area contributed by atoms with Crippen LogP contribution in [-0.2, 0) is 0 Å². The van der Waals surface area contributed by atoms with Gasteiger partial charge < -0.3 is 4.42 Å². The Morgan fingerprint density at radius 3 is 1.65 bits per heavy atom. The smallest absolute Gasteiger partial charge is 0.136 e. The summed E-state index contributed by atoms with van der Waals surface area (Å²) in [6, 6.07) is 40.4. The summed E-state index contributed by atoms with van der Waals surface area (Å²) < 4.78 is 79.5. The van der Waals surface area contributed by atoms with Crippen LogP contribution in [0, 0.1) is 0 Å². The van der Waals surface area contributed by atoms with Gasteiger partial charge in [-0.15, -0.1) is 0 Å². The van der Waals surface area contributed by atoms with E-state index >= 15 is 0 Å². The first-order valence-corrected chi connectivity index (χ1v) is 16.2. The van der Waals surface area contributed by atoms with Gasteiger partial charge in [-0.25, -0.2) is 0 Å². The van der Waals surface area contributed by atoms with Gasteiger partial charge in [0.2, 0.25) is 0 Å². The van der Waals surface area contributed by atoms with Crippen molar-refractivity contribution in [3.05, 3.63) is 182 Å². The van der Waals surface area contributed by atoms with Crippen LogP contribution in [0.5, 0.6) is 0 Å². The van der Waals surface area contributed by atoms with E-state index in [-0.39, 0.29) is 51.3 Å². The number of fused-ring (bicyclic) bond motifs is 6. The lowest BCUT2D eigenvalue weighted by molar-refractivity contribution is 0.669. The minimum Gasteiger partial charge on any atom is -0.456 e. The highest BCUT2D eigenvalue weighted by Gasteiger charge is 2.21. The van der Waals surface area contributed by atoms with Crippen LogP contribution < -0.4 is 0 Å². The van der Waals surface area contributed by atoms with E-state index in [0.717, 1.165) is 38.4 Å². The third-order valence-corrected chi connectivity index (χ3v) is 9.49. The number of furan rings is 1. The van der Waals surface area contributed by atoms with E-state index in [1.54, 1.807) is 24.3 Å². The van der Waals surface area contributed by atoms with E-state index in [1.165, 1.54) is 0 Å². The highest BCUT2D eigenvalue weighted by molar-refractivity contribution is 6.26. The van der Waals surface area contributed by atoms with Crippen LogP contribution in [0.25, 0.3) is 98.8 Å². The molecule has 0 aliphatic rings. The van der Waals surface area contributed by atoms with Crippen molar-refractivity contribution in [2.45, 2.75) is 0 Å². The summed E-state index contributed by atoms with van der Waals surface area (Å²) in [7, 11) is 0. The third kappa shape index (κ3) is 4.40. The normalized spacial score (nSPS) is 14.0. The maximum atomic E-state index is 9.43. The first kappa shape index (κ1) is 20.7. The van der Waals surface area contributed by atoms with Crippen molar-refractivity contribution in [3.8, 4) is 44.5 Å². The van der Waals surface area contributed by atoms with Gasteiger partial charge in [0.15, 0.2) is 0 Å². The first-order chi connectivity index (χ1) is 27.6. The first-order valence-electron chi connectivity index (χ1n) is 20.2. The largest absolute Gasteiger partial charge is 0.456 e. The van der Waals surface area contributed by atoms with E-state index in [9.17, 15) is 5.48 Å². The van der Waals surface area contributed by atoms with Gasteiger partial charge in [0.05, 0.1) is 11.0 Å². The summed E-state index contributed by atoms with van der Waals surface area (Å²) in [5, 5.41) is 4.28. The summed E-state index contributed by atoms with van der Waals surface area (Å²) in [6.07, 6.45) is 0. The Morgan fingerprint density at radius 2 is 0.959 bits per heavy atom. The molecule has 0 aliphatic carbocycles. The molecule has 0 radical (unpaired) electrons. The van der Waals surface area contributed by atoms with Gasteiger partial charge in [0.25, 0.3) is 0 Å². The Labute approximate surface area is 295 Å². The second-order valence-electron chi connectivity index (χ2n) is 12.2. The molecule has 0 atom stereocenters.